The summed E-state index contributed by atoms with van der Waals surface area (Å²) in [5, 5.41) is 0. The van der Waals surface area contributed by atoms with Gasteiger partial charge in [-0.3, -0.25) is 14.4 Å². The van der Waals surface area contributed by atoms with Crippen molar-refractivity contribution in [3.05, 3.63) is 0 Å². The number of nitrogens with zero attached hydrogens (tertiary/aromatic N) is 5. The smallest absolute Gasteiger partial charge is 0.289 e. The number of hydrogen-bond donors (Lipinski definition) is 0. The van der Waals surface area contributed by atoms with Gasteiger partial charge in [0.1, 0.15) is 0 Å². The van der Waals surface area contributed by atoms with E-state index in [0.29, 0.717) is 32.7 Å². The van der Waals surface area contributed by atoms with Crippen LogP contribution in [0.25, 0.3) is 0 Å². The van der Waals surface area contributed by atoms with E-state index in [1.165, 1.54) is 0 Å². The van der Waals surface area contributed by atoms with E-state index in [0.717, 1.165) is 0 Å². The highest BCUT2D eigenvalue weighted by atomic mass is 19.1. The van der Waals surface area contributed by atoms with E-state index in [2.05, 4.69) is 9.98 Å². The lowest BCUT2D eigenvalue weighted by atomic mass is 10.0. The Kier molecular flexibility index (Phi) is 5.06. The monoisotopic (exact) mass is 365 g/mol. The molecule has 0 radical (unpaired) electrons. The molecule has 0 bridgehead atoms. The van der Waals surface area contributed by atoms with Gasteiger partial charge in [-0.15, -0.1) is 0 Å². The fourth-order valence-corrected chi connectivity index (χ4v) is 3.46. The van der Waals surface area contributed by atoms with Gasteiger partial charge in [-0.2, -0.15) is 4.99 Å². The molecule has 3 rings (SSSR count). The van der Waals surface area contributed by atoms with Crippen LogP contribution in [0.4, 0.5) is 4.39 Å². The van der Waals surface area contributed by atoms with Crippen LogP contribution in [0.1, 0.15) is 20.3 Å². The molecule has 8 nitrogen and oxygen atoms in total. The topological polar surface area (TPSA) is 85.7 Å². The third kappa shape index (κ3) is 3.47. The molecule has 0 spiro atoms. The second-order valence-electron chi connectivity index (χ2n) is 7.29. The lowest BCUT2D eigenvalue weighted by Gasteiger charge is -2.37. The first kappa shape index (κ1) is 18.5. The summed E-state index contributed by atoms with van der Waals surface area (Å²) in [6, 6.07) is 0. The minimum Gasteiger partial charge on any atom is -0.345 e. The van der Waals surface area contributed by atoms with Crippen LogP contribution in [-0.4, -0.2) is 90.0 Å². The number of piperazine rings is 1. The molecule has 3 heterocycles. The Bertz CT molecular complexity index is 682. The minimum atomic E-state index is -1.77. The molecule has 2 fully saturated rings. The van der Waals surface area contributed by atoms with Gasteiger partial charge in [0.05, 0.1) is 11.6 Å². The van der Waals surface area contributed by atoms with E-state index in [1.54, 1.807) is 30.7 Å². The van der Waals surface area contributed by atoms with E-state index in [1.807, 2.05) is 4.90 Å². The Balaban J connectivity index is 1.62. The summed E-state index contributed by atoms with van der Waals surface area (Å²) >= 11 is 0. The van der Waals surface area contributed by atoms with Gasteiger partial charge in [0.15, 0.2) is 0 Å². The number of carbonyl (C=O) groups excluding carboxylic acids is 3. The number of guanidine groups is 1. The molecule has 2 saturated heterocycles. The van der Waals surface area contributed by atoms with Crippen molar-refractivity contribution in [3.8, 4) is 0 Å². The molecule has 0 aromatic carbocycles. The molecule has 142 valence electrons. The molecule has 0 saturated carbocycles. The van der Waals surface area contributed by atoms with E-state index in [4.69, 9.17) is 0 Å². The van der Waals surface area contributed by atoms with Crippen LogP contribution in [0, 0.1) is 11.8 Å². The molecule has 3 aliphatic rings. The third-order valence-electron chi connectivity index (χ3n) is 5.07. The first-order valence-electron chi connectivity index (χ1n) is 8.90. The van der Waals surface area contributed by atoms with Gasteiger partial charge >= 0.3 is 0 Å². The van der Waals surface area contributed by atoms with Crippen molar-refractivity contribution >= 4 is 29.4 Å². The van der Waals surface area contributed by atoms with Gasteiger partial charge in [-0.1, -0.05) is 13.8 Å². The molecule has 26 heavy (non-hydrogen) atoms. The lowest BCUT2D eigenvalue weighted by Crippen LogP contribution is -2.53. The maximum Gasteiger partial charge on any atom is 0.289 e. The van der Waals surface area contributed by atoms with Gasteiger partial charge in [0.2, 0.25) is 23.9 Å². The van der Waals surface area contributed by atoms with Gasteiger partial charge < -0.3 is 14.7 Å². The van der Waals surface area contributed by atoms with Crippen LogP contribution in [0.3, 0.4) is 0 Å². The van der Waals surface area contributed by atoms with Crippen molar-refractivity contribution in [2.75, 3.05) is 39.8 Å². The first-order valence-corrected chi connectivity index (χ1v) is 8.90. The van der Waals surface area contributed by atoms with Crippen LogP contribution < -0.4 is 0 Å². The van der Waals surface area contributed by atoms with Crippen molar-refractivity contribution in [1.82, 2.24) is 14.7 Å². The van der Waals surface area contributed by atoms with Crippen LogP contribution in [0.5, 0.6) is 0 Å². The number of alkyl halides is 1. The van der Waals surface area contributed by atoms with Crippen LogP contribution in [-0.2, 0) is 14.4 Å². The van der Waals surface area contributed by atoms with Gasteiger partial charge in [-0.05, 0) is 5.92 Å². The Hall–Kier alpha value is -2.32. The number of likely N-dealkylation sites (tertiary alicyclic amines) is 1. The largest absolute Gasteiger partial charge is 0.345 e. The van der Waals surface area contributed by atoms with Crippen molar-refractivity contribution in [1.29, 1.82) is 0 Å². The summed E-state index contributed by atoms with van der Waals surface area (Å²) in [5.41, 5.74) is 0.200. The van der Waals surface area contributed by atoms with Crippen molar-refractivity contribution < 1.29 is 18.8 Å². The summed E-state index contributed by atoms with van der Waals surface area (Å²) in [6.45, 7) is 5.91. The van der Waals surface area contributed by atoms with Crippen molar-refractivity contribution in [2.45, 2.75) is 26.4 Å². The number of carbonyl (C=O) groups is 3. The van der Waals surface area contributed by atoms with Gasteiger partial charge in [0.25, 0.3) is 5.91 Å². The fourth-order valence-electron chi connectivity index (χ4n) is 3.46. The Morgan fingerprint density at radius 1 is 1.15 bits per heavy atom. The summed E-state index contributed by atoms with van der Waals surface area (Å²) in [6.07, 6.45) is -1.50. The highest BCUT2D eigenvalue weighted by molar-refractivity contribution is 6.18. The Labute approximate surface area is 151 Å². The molecular weight excluding hydrogens is 341 g/mol. The van der Waals surface area contributed by atoms with Crippen molar-refractivity contribution in [2.24, 2.45) is 21.8 Å². The number of aliphatic imine (C=N–C) groups is 2. The predicted octanol–water partition coefficient (Wildman–Crippen LogP) is -0.0598. The van der Waals surface area contributed by atoms with Gasteiger partial charge in [-0.25, -0.2) is 9.38 Å². The molecule has 0 N–H and O–H groups in total. The number of hydrogen-bond acceptors (Lipinski definition) is 5. The maximum atomic E-state index is 13.9. The van der Waals surface area contributed by atoms with E-state index >= 15 is 0 Å². The molecule has 0 aliphatic carbocycles. The van der Waals surface area contributed by atoms with Crippen molar-refractivity contribution in [3.63, 3.8) is 0 Å². The quantitative estimate of drug-likeness (QED) is 0.686. The Morgan fingerprint density at radius 3 is 2.35 bits per heavy atom. The average molecular weight is 365 g/mol. The number of rotatable bonds is 2. The van der Waals surface area contributed by atoms with E-state index in [-0.39, 0.29) is 41.7 Å². The van der Waals surface area contributed by atoms with Crippen LogP contribution in [0.2, 0.25) is 0 Å². The molecular formula is C17H24FN5O3. The fraction of sp³-hybridized carbons (Fsp3) is 0.706. The van der Waals surface area contributed by atoms with Crippen LogP contribution in [0.15, 0.2) is 9.98 Å². The number of amides is 3. The SMILES string of the molecule is CC(C)C1=NC(N2CCN(C(=O)C3CC(=O)N(C)C3)CC2)=NC(=O)C1F. The predicted molar refractivity (Wildman–Crippen MR) is 93.5 cm³/mol. The average Bonchev–Trinajstić information content (AvgIpc) is 2.95. The zero-order valence-corrected chi connectivity index (χ0v) is 15.3. The molecule has 3 amide bonds. The highest BCUT2D eigenvalue weighted by Gasteiger charge is 2.37. The second kappa shape index (κ2) is 7.13. The standard InChI is InChI=1S/C17H24FN5O3/c1-10(2)14-13(18)15(25)20-17(19-14)23-6-4-22(5-7-23)16(26)11-8-12(24)21(3)9-11/h10-11,13H,4-9H2,1-3H3. The number of halogens is 1. The second-order valence-corrected chi connectivity index (χ2v) is 7.29. The first-order chi connectivity index (χ1) is 12.3. The highest BCUT2D eigenvalue weighted by Crippen LogP contribution is 2.20. The molecule has 0 aromatic rings. The third-order valence-corrected chi connectivity index (χ3v) is 5.07. The van der Waals surface area contributed by atoms with Crippen LogP contribution >= 0.6 is 0 Å². The molecule has 2 atom stereocenters. The summed E-state index contributed by atoms with van der Waals surface area (Å²) in [4.78, 5) is 49.2. The van der Waals surface area contributed by atoms with Gasteiger partial charge in [0, 0.05) is 46.2 Å². The normalized spacial score (nSPS) is 27.2. The minimum absolute atomic E-state index is 0.00612. The van der Waals surface area contributed by atoms with E-state index < -0.39 is 12.1 Å². The molecule has 2 unspecified atom stereocenters. The molecule has 0 aromatic heterocycles. The zero-order chi connectivity index (χ0) is 19.0. The summed E-state index contributed by atoms with van der Waals surface area (Å²) in [5.74, 6) is -1.07. The molecule has 3 aliphatic heterocycles. The van der Waals surface area contributed by atoms with E-state index in [9.17, 15) is 18.8 Å². The molecule has 9 heteroatoms. The maximum absolute atomic E-state index is 13.9. The lowest BCUT2D eigenvalue weighted by molar-refractivity contribution is -0.137. The summed E-state index contributed by atoms with van der Waals surface area (Å²) < 4.78 is 13.9. The Morgan fingerprint density at radius 2 is 1.81 bits per heavy atom. The summed E-state index contributed by atoms with van der Waals surface area (Å²) in [7, 11) is 1.70. The zero-order valence-electron chi connectivity index (χ0n) is 15.3.